The van der Waals surface area contributed by atoms with Crippen LogP contribution in [0.3, 0.4) is 0 Å². The van der Waals surface area contributed by atoms with E-state index in [0.717, 1.165) is 11.3 Å². The van der Waals surface area contributed by atoms with Gasteiger partial charge in [0.25, 0.3) is 5.91 Å². The summed E-state index contributed by atoms with van der Waals surface area (Å²) in [5, 5.41) is 7.17. The fraction of sp³-hybridized carbons (Fsp3) is 0.211. The minimum atomic E-state index is -0.186. The Morgan fingerprint density at radius 2 is 1.92 bits per heavy atom. The molecule has 1 amide bonds. The maximum absolute atomic E-state index is 12.4. The lowest BCUT2D eigenvalue weighted by Crippen LogP contribution is -2.27. The van der Waals surface area contributed by atoms with Crippen LogP contribution in [0.4, 0.5) is 0 Å². The van der Waals surface area contributed by atoms with Crippen molar-refractivity contribution in [1.82, 2.24) is 20.1 Å². The Labute approximate surface area is 146 Å². The summed E-state index contributed by atoms with van der Waals surface area (Å²) in [6, 6.07) is 12.6. The number of aryl methyl sites for hydroxylation is 1. The molecular weight excluding hydrogens is 316 g/mol. The first kappa shape index (κ1) is 16.7. The Kier molecular flexibility index (Phi) is 4.79. The third-order valence-electron chi connectivity index (χ3n) is 4.05. The molecular formula is C19H20N4O2. The van der Waals surface area contributed by atoms with Crippen LogP contribution in [0.2, 0.25) is 0 Å². The maximum atomic E-state index is 12.4. The molecule has 0 saturated heterocycles. The second-order valence-electron chi connectivity index (χ2n) is 5.80. The van der Waals surface area contributed by atoms with Crippen LogP contribution in [-0.2, 0) is 7.05 Å². The van der Waals surface area contributed by atoms with Crippen molar-refractivity contribution in [3.63, 3.8) is 0 Å². The molecule has 0 spiro atoms. The molecule has 0 aliphatic carbocycles. The molecule has 0 bridgehead atoms. The molecule has 1 aromatic carbocycles. The van der Waals surface area contributed by atoms with Gasteiger partial charge in [0.05, 0.1) is 17.8 Å². The van der Waals surface area contributed by atoms with Gasteiger partial charge in [-0.25, -0.2) is 4.98 Å². The molecule has 1 atom stereocenters. The predicted molar refractivity (Wildman–Crippen MR) is 94.6 cm³/mol. The maximum Gasteiger partial charge on any atom is 0.253 e. The van der Waals surface area contributed by atoms with Crippen LogP contribution in [0, 0.1) is 6.92 Å². The first-order valence-electron chi connectivity index (χ1n) is 8.03. The van der Waals surface area contributed by atoms with Crippen molar-refractivity contribution in [3.05, 3.63) is 71.7 Å². The molecule has 0 aliphatic heterocycles. The van der Waals surface area contributed by atoms with Crippen LogP contribution in [0.25, 0.3) is 0 Å². The monoisotopic (exact) mass is 336 g/mol. The van der Waals surface area contributed by atoms with Gasteiger partial charge in [0, 0.05) is 30.6 Å². The first-order chi connectivity index (χ1) is 12.0. The van der Waals surface area contributed by atoms with Crippen LogP contribution in [0.1, 0.15) is 34.6 Å². The highest BCUT2D eigenvalue weighted by Crippen LogP contribution is 2.19. The number of carbonyl (C=O) groups excluding carboxylic acids is 1. The van der Waals surface area contributed by atoms with Crippen LogP contribution in [-0.4, -0.2) is 20.7 Å². The van der Waals surface area contributed by atoms with Crippen molar-refractivity contribution in [3.8, 4) is 11.6 Å². The Hall–Kier alpha value is -3.15. The lowest BCUT2D eigenvalue weighted by atomic mass is 10.1. The van der Waals surface area contributed by atoms with Crippen molar-refractivity contribution in [1.29, 1.82) is 0 Å². The summed E-state index contributed by atoms with van der Waals surface area (Å²) in [4.78, 5) is 16.6. The molecule has 6 heteroatoms. The van der Waals surface area contributed by atoms with Crippen LogP contribution in [0.5, 0.6) is 11.6 Å². The molecule has 6 nitrogen and oxygen atoms in total. The normalized spacial score (nSPS) is 11.8. The number of para-hydroxylation sites is 1. The molecule has 2 heterocycles. The number of aromatic nitrogens is 3. The molecule has 2 aromatic heterocycles. The van der Waals surface area contributed by atoms with E-state index in [4.69, 9.17) is 4.74 Å². The van der Waals surface area contributed by atoms with Gasteiger partial charge in [-0.1, -0.05) is 18.2 Å². The zero-order valence-electron chi connectivity index (χ0n) is 14.4. The topological polar surface area (TPSA) is 69.0 Å². The summed E-state index contributed by atoms with van der Waals surface area (Å²) in [6.07, 6.45) is 3.28. The van der Waals surface area contributed by atoms with Crippen molar-refractivity contribution in [2.24, 2.45) is 7.05 Å². The Morgan fingerprint density at radius 1 is 1.16 bits per heavy atom. The van der Waals surface area contributed by atoms with Crippen molar-refractivity contribution >= 4 is 5.91 Å². The average molecular weight is 336 g/mol. The number of nitrogens with one attached hydrogen (secondary N) is 1. The summed E-state index contributed by atoms with van der Waals surface area (Å²) in [7, 11) is 1.88. The van der Waals surface area contributed by atoms with E-state index >= 15 is 0 Å². The minimum absolute atomic E-state index is 0.138. The van der Waals surface area contributed by atoms with Crippen molar-refractivity contribution in [2.45, 2.75) is 19.9 Å². The van der Waals surface area contributed by atoms with Crippen LogP contribution >= 0.6 is 0 Å². The zero-order chi connectivity index (χ0) is 17.8. The van der Waals surface area contributed by atoms with Gasteiger partial charge >= 0.3 is 0 Å². The van der Waals surface area contributed by atoms with E-state index in [9.17, 15) is 4.79 Å². The molecule has 0 aliphatic rings. The van der Waals surface area contributed by atoms with E-state index < -0.39 is 0 Å². The Bertz CT molecular complexity index is 857. The molecule has 128 valence electrons. The van der Waals surface area contributed by atoms with Crippen molar-refractivity contribution < 1.29 is 9.53 Å². The fourth-order valence-electron chi connectivity index (χ4n) is 2.48. The van der Waals surface area contributed by atoms with Crippen LogP contribution in [0.15, 0.2) is 54.9 Å². The highest BCUT2D eigenvalue weighted by atomic mass is 16.5. The van der Waals surface area contributed by atoms with Gasteiger partial charge in [-0.2, -0.15) is 5.10 Å². The zero-order valence-corrected chi connectivity index (χ0v) is 14.4. The number of hydrogen-bond acceptors (Lipinski definition) is 4. The molecule has 0 fully saturated rings. The van der Waals surface area contributed by atoms with Gasteiger partial charge in [-0.3, -0.25) is 9.48 Å². The van der Waals surface area contributed by atoms with Gasteiger partial charge in [-0.05, 0) is 32.0 Å². The van der Waals surface area contributed by atoms with Gasteiger partial charge in [0.1, 0.15) is 5.75 Å². The summed E-state index contributed by atoms with van der Waals surface area (Å²) < 4.78 is 7.42. The lowest BCUT2D eigenvalue weighted by Gasteiger charge is -2.14. The molecule has 25 heavy (non-hydrogen) atoms. The number of amides is 1. The van der Waals surface area contributed by atoms with Crippen LogP contribution < -0.4 is 10.1 Å². The van der Waals surface area contributed by atoms with Crippen molar-refractivity contribution in [2.75, 3.05) is 0 Å². The average Bonchev–Trinajstić information content (AvgIpc) is 2.95. The third kappa shape index (κ3) is 3.85. The Morgan fingerprint density at radius 3 is 2.52 bits per heavy atom. The molecule has 0 unspecified atom stereocenters. The summed E-state index contributed by atoms with van der Waals surface area (Å²) >= 11 is 0. The van der Waals surface area contributed by atoms with Gasteiger partial charge < -0.3 is 10.1 Å². The second-order valence-corrected chi connectivity index (χ2v) is 5.80. The molecule has 0 saturated carbocycles. The summed E-state index contributed by atoms with van der Waals surface area (Å²) in [5.41, 5.74) is 2.50. The number of benzene rings is 1. The van der Waals surface area contributed by atoms with E-state index in [1.165, 1.54) is 6.20 Å². The van der Waals surface area contributed by atoms with E-state index in [-0.39, 0.29) is 11.9 Å². The fourth-order valence-corrected chi connectivity index (χ4v) is 2.48. The van der Waals surface area contributed by atoms with Gasteiger partial charge in [0.15, 0.2) is 0 Å². The predicted octanol–water partition coefficient (Wildman–Crippen LogP) is 3.41. The SMILES string of the molecule is Cc1c([C@H](C)NC(=O)c2ccc(Oc3ccccc3)nc2)cnn1C. The number of carbonyl (C=O) groups is 1. The van der Waals surface area contributed by atoms with Gasteiger partial charge in [0.2, 0.25) is 5.88 Å². The number of rotatable bonds is 5. The smallest absolute Gasteiger partial charge is 0.253 e. The Balaban J connectivity index is 1.65. The molecule has 3 aromatic rings. The summed E-state index contributed by atoms with van der Waals surface area (Å²) in [6.45, 7) is 3.91. The molecule has 0 radical (unpaired) electrons. The third-order valence-corrected chi connectivity index (χ3v) is 4.05. The largest absolute Gasteiger partial charge is 0.439 e. The van der Waals surface area contributed by atoms with E-state index in [1.807, 2.05) is 51.2 Å². The molecule has 3 rings (SSSR count). The number of hydrogen-bond donors (Lipinski definition) is 1. The molecule has 1 N–H and O–H groups in total. The number of pyridine rings is 1. The van der Waals surface area contributed by atoms with Gasteiger partial charge in [-0.15, -0.1) is 0 Å². The first-order valence-corrected chi connectivity index (χ1v) is 8.03. The minimum Gasteiger partial charge on any atom is -0.439 e. The summed E-state index contributed by atoms with van der Waals surface area (Å²) in [5.74, 6) is 0.960. The lowest BCUT2D eigenvalue weighted by molar-refractivity contribution is 0.0939. The van der Waals surface area contributed by atoms with E-state index in [0.29, 0.717) is 17.2 Å². The quantitative estimate of drug-likeness (QED) is 0.775. The standard InChI is InChI=1S/C19H20N4O2/c1-13(17-12-21-23(3)14(17)2)22-19(24)15-9-10-18(20-11-15)25-16-7-5-4-6-8-16/h4-13H,1-3H3,(H,22,24)/t13-/m0/s1. The highest BCUT2D eigenvalue weighted by molar-refractivity contribution is 5.94. The van der Waals surface area contributed by atoms with E-state index in [2.05, 4.69) is 15.4 Å². The second kappa shape index (κ2) is 7.17. The number of nitrogens with zero attached hydrogens (tertiary/aromatic N) is 3. The van der Waals surface area contributed by atoms with E-state index in [1.54, 1.807) is 23.0 Å². The number of ether oxygens (including phenoxy) is 1. The highest BCUT2D eigenvalue weighted by Gasteiger charge is 2.16.